The quantitative estimate of drug-likeness (QED) is 0.806. The number of amides is 1. The number of rotatable bonds is 7. The number of carbonyl (C=O) groups excluding carboxylic acids is 1. The second kappa shape index (κ2) is 8.71. The van der Waals surface area contributed by atoms with Gasteiger partial charge in [-0.05, 0) is 30.2 Å². The Bertz CT molecular complexity index is 689. The number of nitrogens with two attached hydrogens (primary N) is 1. The van der Waals surface area contributed by atoms with E-state index in [2.05, 4.69) is 5.32 Å². The Labute approximate surface area is 148 Å². The van der Waals surface area contributed by atoms with E-state index < -0.39 is 0 Å². The normalized spacial score (nSPS) is 13.2. The summed E-state index contributed by atoms with van der Waals surface area (Å²) in [4.78, 5) is 12.1. The van der Waals surface area contributed by atoms with Gasteiger partial charge in [-0.1, -0.05) is 54.9 Å². The maximum atomic E-state index is 12.1. The first-order valence-corrected chi connectivity index (χ1v) is 8.34. The SMILES string of the molecule is CC(N)C(C)C(=O)NCc1ccccc1COc1ccccc1Cl. The van der Waals surface area contributed by atoms with Crippen molar-refractivity contribution in [2.75, 3.05) is 0 Å². The van der Waals surface area contributed by atoms with E-state index in [9.17, 15) is 4.79 Å². The molecular formula is C19H23ClN2O2. The summed E-state index contributed by atoms with van der Waals surface area (Å²) in [6.07, 6.45) is 0. The van der Waals surface area contributed by atoms with Crippen molar-refractivity contribution in [3.63, 3.8) is 0 Å². The maximum Gasteiger partial charge on any atom is 0.224 e. The topological polar surface area (TPSA) is 64.4 Å². The third kappa shape index (κ3) is 4.98. The van der Waals surface area contributed by atoms with Crippen molar-refractivity contribution in [1.29, 1.82) is 0 Å². The van der Waals surface area contributed by atoms with Crippen LogP contribution in [0.4, 0.5) is 0 Å². The van der Waals surface area contributed by atoms with E-state index in [0.717, 1.165) is 11.1 Å². The molecule has 0 aliphatic heterocycles. The molecule has 2 unspecified atom stereocenters. The van der Waals surface area contributed by atoms with E-state index in [-0.39, 0.29) is 17.9 Å². The third-order valence-electron chi connectivity index (χ3n) is 3.99. The van der Waals surface area contributed by atoms with Gasteiger partial charge in [-0.25, -0.2) is 0 Å². The highest BCUT2D eigenvalue weighted by molar-refractivity contribution is 6.32. The molecule has 24 heavy (non-hydrogen) atoms. The van der Waals surface area contributed by atoms with Crippen LogP contribution in [0.5, 0.6) is 5.75 Å². The molecule has 0 aliphatic carbocycles. The standard InChI is InChI=1S/C19H23ClN2O2/c1-13(14(2)21)19(23)22-11-15-7-3-4-8-16(15)12-24-18-10-6-5-9-17(18)20/h3-10,13-14H,11-12,21H2,1-2H3,(H,22,23). The Kier molecular flexibility index (Phi) is 6.64. The largest absolute Gasteiger partial charge is 0.487 e. The number of benzene rings is 2. The molecule has 5 heteroatoms. The van der Waals surface area contributed by atoms with Gasteiger partial charge in [-0.15, -0.1) is 0 Å². The van der Waals surface area contributed by atoms with Gasteiger partial charge < -0.3 is 15.8 Å². The molecule has 0 saturated carbocycles. The van der Waals surface area contributed by atoms with Gasteiger partial charge in [-0.3, -0.25) is 4.79 Å². The second-order valence-corrected chi connectivity index (χ2v) is 6.26. The Balaban J connectivity index is 2.00. The predicted octanol–water partition coefficient (Wildman–Crippen LogP) is 3.52. The minimum atomic E-state index is -0.225. The van der Waals surface area contributed by atoms with Crippen molar-refractivity contribution in [3.05, 3.63) is 64.7 Å². The van der Waals surface area contributed by atoms with Crippen molar-refractivity contribution >= 4 is 17.5 Å². The number of nitrogens with one attached hydrogen (secondary N) is 1. The number of hydrogen-bond donors (Lipinski definition) is 2. The summed E-state index contributed by atoms with van der Waals surface area (Å²) in [7, 11) is 0. The van der Waals surface area contributed by atoms with Crippen LogP contribution in [-0.4, -0.2) is 11.9 Å². The predicted molar refractivity (Wildman–Crippen MR) is 96.9 cm³/mol. The number of halogens is 1. The van der Waals surface area contributed by atoms with Crippen molar-refractivity contribution in [1.82, 2.24) is 5.32 Å². The summed E-state index contributed by atoms with van der Waals surface area (Å²) in [6.45, 7) is 4.48. The summed E-state index contributed by atoms with van der Waals surface area (Å²) in [5.41, 5.74) is 7.78. The van der Waals surface area contributed by atoms with Crippen LogP contribution >= 0.6 is 11.6 Å². The first-order chi connectivity index (χ1) is 11.5. The van der Waals surface area contributed by atoms with Crippen LogP contribution < -0.4 is 15.8 Å². The lowest BCUT2D eigenvalue weighted by molar-refractivity contribution is -0.125. The van der Waals surface area contributed by atoms with Crippen LogP contribution in [0.15, 0.2) is 48.5 Å². The highest BCUT2D eigenvalue weighted by Gasteiger charge is 2.16. The molecule has 1 amide bonds. The molecule has 0 bridgehead atoms. The molecule has 0 aromatic heterocycles. The summed E-state index contributed by atoms with van der Waals surface area (Å²) < 4.78 is 5.79. The van der Waals surface area contributed by atoms with Crippen LogP contribution in [-0.2, 0) is 17.9 Å². The zero-order valence-corrected chi connectivity index (χ0v) is 14.7. The molecule has 0 heterocycles. The molecule has 0 radical (unpaired) electrons. The zero-order valence-electron chi connectivity index (χ0n) is 14.0. The van der Waals surface area contributed by atoms with Gasteiger partial charge in [0, 0.05) is 18.5 Å². The minimum Gasteiger partial charge on any atom is -0.487 e. The van der Waals surface area contributed by atoms with Gasteiger partial charge in [0.1, 0.15) is 12.4 Å². The van der Waals surface area contributed by atoms with Gasteiger partial charge in [0.05, 0.1) is 5.02 Å². The van der Waals surface area contributed by atoms with Crippen LogP contribution in [0.3, 0.4) is 0 Å². The summed E-state index contributed by atoms with van der Waals surface area (Å²) in [6, 6.07) is 15.0. The van der Waals surface area contributed by atoms with Crippen molar-refractivity contribution in [2.24, 2.45) is 11.7 Å². The lowest BCUT2D eigenvalue weighted by atomic mass is 10.0. The van der Waals surface area contributed by atoms with E-state index in [0.29, 0.717) is 23.9 Å². The van der Waals surface area contributed by atoms with Crippen molar-refractivity contribution in [3.8, 4) is 5.75 Å². The monoisotopic (exact) mass is 346 g/mol. The molecule has 128 valence electrons. The maximum absolute atomic E-state index is 12.1. The van der Waals surface area contributed by atoms with E-state index in [1.165, 1.54) is 0 Å². The average molecular weight is 347 g/mol. The molecule has 2 atom stereocenters. The first kappa shape index (κ1) is 18.3. The fraction of sp³-hybridized carbons (Fsp3) is 0.316. The summed E-state index contributed by atoms with van der Waals surface area (Å²) >= 11 is 6.10. The molecule has 2 aromatic carbocycles. The van der Waals surface area contributed by atoms with Gasteiger partial charge in [0.2, 0.25) is 5.91 Å². The fourth-order valence-electron chi connectivity index (χ4n) is 2.17. The second-order valence-electron chi connectivity index (χ2n) is 5.85. The van der Waals surface area contributed by atoms with Gasteiger partial charge >= 0.3 is 0 Å². The summed E-state index contributed by atoms with van der Waals surface area (Å²) in [5, 5.41) is 3.51. The Morgan fingerprint density at radius 3 is 2.42 bits per heavy atom. The minimum absolute atomic E-state index is 0.0492. The van der Waals surface area contributed by atoms with Crippen molar-refractivity contribution in [2.45, 2.75) is 33.0 Å². The van der Waals surface area contributed by atoms with Crippen LogP contribution in [0.25, 0.3) is 0 Å². The van der Waals surface area contributed by atoms with Crippen LogP contribution in [0.1, 0.15) is 25.0 Å². The van der Waals surface area contributed by atoms with Crippen molar-refractivity contribution < 1.29 is 9.53 Å². The molecule has 3 N–H and O–H groups in total. The lowest BCUT2D eigenvalue weighted by Gasteiger charge is -2.17. The highest BCUT2D eigenvalue weighted by atomic mass is 35.5. The van der Waals surface area contributed by atoms with E-state index in [4.69, 9.17) is 22.1 Å². The molecule has 2 rings (SSSR count). The lowest BCUT2D eigenvalue weighted by Crippen LogP contribution is -2.38. The molecule has 0 spiro atoms. The Morgan fingerprint density at radius 1 is 1.12 bits per heavy atom. The number of carbonyl (C=O) groups is 1. The van der Waals surface area contributed by atoms with Gasteiger partial charge in [0.15, 0.2) is 0 Å². The van der Waals surface area contributed by atoms with E-state index in [1.54, 1.807) is 6.07 Å². The zero-order chi connectivity index (χ0) is 17.5. The first-order valence-electron chi connectivity index (χ1n) is 7.96. The number of para-hydroxylation sites is 1. The van der Waals surface area contributed by atoms with E-state index >= 15 is 0 Å². The molecule has 0 saturated heterocycles. The third-order valence-corrected chi connectivity index (χ3v) is 4.31. The van der Waals surface area contributed by atoms with Gasteiger partial charge in [-0.2, -0.15) is 0 Å². The van der Waals surface area contributed by atoms with Crippen LogP contribution in [0, 0.1) is 5.92 Å². The number of hydrogen-bond acceptors (Lipinski definition) is 3. The fourth-order valence-corrected chi connectivity index (χ4v) is 2.36. The Hall–Kier alpha value is -2.04. The smallest absolute Gasteiger partial charge is 0.224 e. The molecule has 0 fully saturated rings. The van der Waals surface area contributed by atoms with E-state index in [1.807, 2.05) is 56.3 Å². The highest BCUT2D eigenvalue weighted by Crippen LogP contribution is 2.24. The summed E-state index contributed by atoms with van der Waals surface area (Å²) in [5.74, 6) is 0.368. The molecule has 2 aromatic rings. The Morgan fingerprint density at radius 2 is 1.75 bits per heavy atom. The molecular weight excluding hydrogens is 324 g/mol. The number of ether oxygens (including phenoxy) is 1. The molecule has 0 aliphatic rings. The molecule has 4 nitrogen and oxygen atoms in total. The van der Waals surface area contributed by atoms with Gasteiger partial charge in [0.25, 0.3) is 0 Å². The average Bonchev–Trinajstić information content (AvgIpc) is 2.59. The van der Waals surface area contributed by atoms with Crippen LogP contribution in [0.2, 0.25) is 5.02 Å².